The zero-order valence-electron chi connectivity index (χ0n) is 18.3. The minimum Gasteiger partial charge on any atom is -0.298 e. The molecule has 0 amide bonds. The van der Waals surface area contributed by atoms with Gasteiger partial charge >= 0.3 is 5.97 Å². The van der Waals surface area contributed by atoms with Crippen LogP contribution < -0.4 is 0 Å². The van der Waals surface area contributed by atoms with Gasteiger partial charge in [-0.25, -0.2) is 4.79 Å². The van der Waals surface area contributed by atoms with Crippen molar-refractivity contribution in [3.63, 3.8) is 0 Å². The summed E-state index contributed by atoms with van der Waals surface area (Å²) < 4.78 is 0. The van der Waals surface area contributed by atoms with E-state index in [9.17, 15) is 4.79 Å². The largest absolute Gasteiger partial charge is 0.342 e. The molecule has 0 rings (SSSR count). The van der Waals surface area contributed by atoms with Gasteiger partial charge in [0.2, 0.25) is 0 Å². The molecule has 3 nitrogen and oxygen atoms in total. The van der Waals surface area contributed by atoms with Gasteiger partial charge in [-0.2, -0.15) is 4.89 Å². The molecule has 0 unspecified atom stereocenters. The zero-order valence-corrected chi connectivity index (χ0v) is 19.3. The van der Waals surface area contributed by atoms with Crippen molar-refractivity contribution >= 4 is 14.0 Å². The second kappa shape index (κ2) is 11.4. The molecule has 4 heteroatoms. The molecule has 0 spiro atoms. The molecule has 150 valence electrons. The number of carbonyl (C=O) groups excluding carboxylic acids is 1. The highest BCUT2D eigenvalue weighted by Gasteiger charge is 2.31. The topological polar surface area (TPSA) is 35.5 Å². The SMILES string of the molecule is CC[Si](CC)(CC)CCC(C)(C)OOC(=O)CCCCCC(C)(C)C. The normalized spacial score (nSPS) is 13.1. The molecule has 0 N–H and O–H groups in total. The maximum atomic E-state index is 11.9. The van der Waals surface area contributed by atoms with Crippen LogP contribution in [0.3, 0.4) is 0 Å². The molecule has 0 fully saturated rings. The standard InChI is InChI=1S/C21H44O3Si/c1-9-25(10-2,11-3)18-17-21(7,8)24-23-19(22)15-13-12-14-16-20(4,5)6/h9-18H2,1-8H3. The summed E-state index contributed by atoms with van der Waals surface area (Å²) in [5.74, 6) is -0.228. The molecule has 0 atom stereocenters. The highest BCUT2D eigenvalue weighted by Crippen LogP contribution is 2.31. The second-order valence-electron chi connectivity index (χ2n) is 9.48. The fraction of sp³-hybridized carbons (Fsp3) is 0.952. The van der Waals surface area contributed by atoms with E-state index in [0.29, 0.717) is 11.8 Å². The van der Waals surface area contributed by atoms with Gasteiger partial charge < -0.3 is 0 Å². The molecule has 0 saturated heterocycles. The van der Waals surface area contributed by atoms with Gasteiger partial charge in [-0.1, -0.05) is 78.6 Å². The van der Waals surface area contributed by atoms with E-state index in [0.717, 1.165) is 19.3 Å². The van der Waals surface area contributed by atoms with Crippen LogP contribution in [0.5, 0.6) is 0 Å². The summed E-state index contributed by atoms with van der Waals surface area (Å²) in [5.41, 5.74) is -0.0126. The van der Waals surface area contributed by atoms with E-state index in [1.807, 2.05) is 13.8 Å². The third kappa shape index (κ3) is 11.8. The third-order valence-corrected chi connectivity index (χ3v) is 11.5. The molecule has 0 aromatic carbocycles. The Morgan fingerprint density at radius 1 is 0.840 bits per heavy atom. The Morgan fingerprint density at radius 2 is 1.40 bits per heavy atom. The van der Waals surface area contributed by atoms with Gasteiger partial charge in [0.15, 0.2) is 0 Å². The van der Waals surface area contributed by atoms with Crippen LogP contribution in [0.25, 0.3) is 0 Å². The van der Waals surface area contributed by atoms with Crippen LogP contribution in [0.15, 0.2) is 0 Å². The van der Waals surface area contributed by atoms with Crippen LogP contribution in [0.4, 0.5) is 0 Å². The van der Waals surface area contributed by atoms with Gasteiger partial charge in [-0.15, -0.1) is 0 Å². The first-order chi connectivity index (χ1) is 11.5. The van der Waals surface area contributed by atoms with Crippen molar-refractivity contribution in [2.45, 2.75) is 124 Å². The lowest BCUT2D eigenvalue weighted by atomic mass is 9.89. The summed E-state index contributed by atoms with van der Waals surface area (Å²) in [7, 11) is -1.15. The molecule has 0 bridgehead atoms. The van der Waals surface area contributed by atoms with E-state index in [1.165, 1.54) is 37.0 Å². The number of hydrogen-bond acceptors (Lipinski definition) is 3. The Balaban J connectivity index is 4.05. The lowest BCUT2D eigenvalue weighted by Crippen LogP contribution is -2.35. The monoisotopic (exact) mass is 372 g/mol. The molecule has 0 aromatic rings. The van der Waals surface area contributed by atoms with Crippen molar-refractivity contribution in [2.75, 3.05) is 0 Å². The van der Waals surface area contributed by atoms with Gasteiger partial charge in [0, 0.05) is 6.42 Å². The predicted octanol–water partition coefficient (Wildman–Crippen LogP) is 7.14. The van der Waals surface area contributed by atoms with Crippen molar-refractivity contribution in [3.8, 4) is 0 Å². The molecular weight excluding hydrogens is 328 g/mol. The van der Waals surface area contributed by atoms with Crippen LogP contribution in [-0.2, 0) is 14.6 Å². The summed E-state index contributed by atoms with van der Waals surface area (Å²) in [5, 5.41) is 0. The molecule has 0 aromatic heterocycles. The Bertz CT molecular complexity index is 360. The lowest BCUT2D eigenvalue weighted by Gasteiger charge is -2.32. The van der Waals surface area contributed by atoms with E-state index < -0.39 is 8.07 Å². The molecule has 0 aliphatic carbocycles. The maximum Gasteiger partial charge on any atom is 0.342 e. The Kier molecular flexibility index (Phi) is 11.2. The highest BCUT2D eigenvalue weighted by atomic mass is 28.3. The highest BCUT2D eigenvalue weighted by molar-refractivity contribution is 6.79. The van der Waals surface area contributed by atoms with Crippen LogP contribution in [0.2, 0.25) is 24.2 Å². The van der Waals surface area contributed by atoms with E-state index in [4.69, 9.17) is 9.78 Å². The number of carbonyl (C=O) groups is 1. The van der Waals surface area contributed by atoms with Crippen molar-refractivity contribution < 1.29 is 14.6 Å². The van der Waals surface area contributed by atoms with Gasteiger partial charge in [0.05, 0.1) is 8.07 Å². The third-order valence-electron chi connectivity index (χ3n) is 5.68. The number of unbranched alkanes of at least 4 members (excludes halogenated alkanes) is 2. The van der Waals surface area contributed by atoms with Crippen molar-refractivity contribution in [3.05, 3.63) is 0 Å². The van der Waals surface area contributed by atoms with Crippen molar-refractivity contribution in [1.29, 1.82) is 0 Å². The molecule has 0 aliphatic rings. The maximum absolute atomic E-state index is 11.9. The lowest BCUT2D eigenvalue weighted by molar-refractivity contribution is -0.325. The van der Waals surface area contributed by atoms with Crippen molar-refractivity contribution in [1.82, 2.24) is 0 Å². The van der Waals surface area contributed by atoms with Crippen LogP contribution in [0.1, 0.15) is 93.9 Å². The first-order valence-corrected chi connectivity index (χ1v) is 13.2. The zero-order chi connectivity index (χ0) is 19.6. The summed E-state index contributed by atoms with van der Waals surface area (Å²) in [4.78, 5) is 22.5. The second-order valence-corrected chi connectivity index (χ2v) is 15.1. The quantitative estimate of drug-likeness (QED) is 0.149. The number of hydrogen-bond donors (Lipinski definition) is 0. The predicted molar refractivity (Wildman–Crippen MR) is 110 cm³/mol. The van der Waals surface area contributed by atoms with E-state index >= 15 is 0 Å². The van der Waals surface area contributed by atoms with E-state index in [-0.39, 0.29) is 11.6 Å². The molecule has 0 aliphatic heterocycles. The minimum atomic E-state index is -1.15. The molecule has 0 saturated carbocycles. The fourth-order valence-electron chi connectivity index (χ4n) is 3.19. The average molecular weight is 373 g/mol. The fourth-order valence-corrected chi connectivity index (χ4v) is 6.88. The molecule has 0 radical (unpaired) electrons. The van der Waals surface area contributed by atoms with Crippen LogP contribution >= 0.6 is 0 Å². The molecule has 0 heterocycles. The molecule has 25 heavy (non-hydrogen) atoms. The summed E-state index contributed by atoms with van der Waals surface area (Å²) >= 11 is 0. The summed E-state index contributed by atoms with van der Waals surface area (Å²) in [6.07, 6.45) is 5.75. The van der Waals surface area contributed by atoms with E-state index in [1.54, 1.807) is 0 Å². The smallest absolute Gasteiger partial charge is 0.298 e. The van der Waals surface area contributed by atoms with Gasteiger partial charge in [-0.3, -0.25) is 4.89 Å². The summed E-state index contributed by atoms with van der Waals surface area (Å²) in [6.45, 7) is 17.8. The van der Waals surface area contributed by atoms with Crippen LogP contribution in [-0.4, -0.2) is 19.6 Å². The minimum absolute atomic E-state index is 0.228. The van der Waals surface area contributed by atoms with Crippen molar-refractivity contribution in [2.24, 2.45) is 5.41 Å². The number of rotatable bonds is 13. The first-order valence-electron chi connectivity index (χ1n) is 10.4. The Labute approximate surface area is 158 Å². The van der Waals surface area contributed by atoms with Gasteiger partial charge in [0.25, 0.3) is 0 Å². The molecular formula is C21H44O3Si. The Hall–Kier alpha value is -0.353. The average Bonchev–Trinajstić information content (AvgIpc) is 2.53. The van der Waals surface area contributed by atoms with Gasteiger partial charge in [-0.05, 0) is 38.5 Å². The van der Waals surface area contributed by atoms with Gasteiger partial charge in [0.1, 0.15) is 5.60 Å². The van der Waals surface area contributed by atoms with E-state index in [2.05, 4.69) is 41.5 Å². The Morgan fingerprint density at radius 3 is 1.88 bits per heavy atom. The van der Waals surface area contributed by atoms with Crippen LogP contribution in [0, 0.1) is 5.41 Å². The summed E-state index contributed by atoms with van der Waals surface area (Å²) in [6, 6.07) is 5.22. The first kappa shape index (κ1) is 24.6.